The lowest BCUT2D eigenvalue weighted by molar-refractivity contribution is 0.338. The molecule has 1 aromatic carbocycles. The first kappa shape index (κ1) is 15.6. The van der Waals surface area contributed by atoms with E-state index in [1.165, 1.54) is 11.3 Å². The first-order valence-electron chi connectivity index (χ1n) is 7.71. The van der Waals surface area contributed by atoms with E-state index in [0.717, 1.165) is 12.2 Å². The number of benzene rings is 1. The number of aromatic nitrogens is 1. The minimum Gasteiger partial charge on any atom is -0.494 e. The summed E-state index contributed by atoms with van der Waals surface area (Å²) in [4.78, 5) is 3.39. The zero-order valence-corrected chi connectivity index (χ0v) is 13.4. The normalized spacial score (nSPS) is 15.4. The number of likely N-dealkylation sites (N-methyl/N-ethyl adjacent to an activating group) is 1. The Hall–Kier alpha value is -1.74. The van der Waals surface area contributed by atoms with Crippen LogP contribution in [-0.2, 0) is 5.41 Å². The molecular formula is C18H26N2O. The van der Waals surface area contributed by atoms with Crippen molar-refractivity contribution in [1.82, 2.24) is 10.3 Å². The van der Waals surface area contributed by atoms with Crippen molar-refractivity contribution in [2.24, 2.45) is 0 Å². The van der Waals surface area contributed by atoms with Gasteiger partial charge in [-0.3, -0.25) is 0 Å². The molecule has 2 atom stereocenters. The molecule has 1 heterocycles. The lowest BCUT2D eigenvalue weighted by atomic mass is 9.72. The molecule has 114 valence electrons. The average Bonchev–Trinajstić information content (AvgIpc) is 3.04. The summed E-state index contributed by atoms with van der Waals surface area (Å²) in [6, 6.07) is 13.0. The summed E-state index contributed by atoms with van der Waals surface area (Å²) in [5.74, 6) is 0.924. The fraction of sp³-hybridized carbons (Fsp3) is 0.444. The van der Waals surface area contributed by atoms with E-state index in [1.54, 1.807) is 0 Å². The smallest absolute Gasteiger partial charge is 0.119 e. The molecule has 0 aliphatic carbocycles. The van der Waals surface area contributed by atoms with E-state index < -0.39 is 0 Å². The van der Waals surface area contributed by atoms with Crippen molar-refractivity contribution in [3.05, 3.63) is 53.9 Å². The van der Waals surface area contributed by atoms with Gasteiger partial charge in [0.1, 0.15) is 5.75 Å². The van der Waals surface area contributed by atoms with Gasteiger partial charge in [0.15, 0.2) is 0 Å². The van der Waals surface area contributed by atoms with Crippen molar-refractivity contribution in [2.45, 2.75) is 38.6 Å². The van der Waals surface area contributed by atoms with Crippen LogP contribution in [0, 0.1) is 0 Å². The number of aromatic amines is 1. The summed E-state index contributed by atoms with van der Waals surface area (Å²) < 4.78 is 5.55. The molecule has 2 aromatic rings. The fourth-order valence-electron chi connectivity index (χ4n) is 3.16. The van der Waals surface area contributed by atoms with Crippen LogP contribution in [0.15, 0.2) is 42.6 Å². The maximum atomic E-state index is 5.55. The van der Waals surface area contributed by atoms with Gasteiger partial charge < -0.3 is 15.0 Å². The summed E-state index contributed by atoms with van der Waals surface area (Å²) in [7, 11) is 2.03. The van der Waals surface area contributed by atoms with Crippen molar-refractivity contribution in [2.75, 3.05) is 13.7 Å². The van der Waals surface area contributed by atoms with Crippen molar-refractivity contribution in [1.29, 1.82) is 0 Å². The lowest BCUT2D eigenvalue weighted by Gasteiger charge is -2.37. The molecule has 3 nitrogen and oxygen atoms in total. The van der Waals surface area contributed by atoms with Gasteiger partial charge in [-0.15, -0.1) is 0 Å². The van der Waals surface area contributed by atoms with Crippen LogP contribution in [0.3, 0.4) is 0 Å². The zero-order valence-electron chi connectivity index (χ0n) is 13.4. The minimum absolute atomic E-state index is 0.0995. The minimum atomic E-state index is -0.0995. The van der Waals surface area contributed by atoms with Gasteiger partial charge >= 0.3 is 0 Å². The number of ether oxygens (including phenoxy) is 1. The molecule has 0 radical (unpaired) electrons. The quantitative estimate of drug-likeness (QED) is 0.814. The van der Waals surface area contributed by atoms with Gasteiger partial charge in [-0.1, -0.05) is 19.1 Å². The Kier molecular flexibility index (Phi) is 5.07. The van der Waals surface area contributed by atoms with Crippen LogP contribution in [0.25, 0.3) is 0 Å². The lowest BCUT2D eigenvalue weighted by Crippen LogP contribution is -2.45. The van der Waals surface area contributed by atoms with Crippen molar-refractivity contribution in [3.63, 3.8) is 0 Å². The number of nitrogens with one attached hydrogen (secondary N) is 2. The molecule has 1 aromatic heterocycles. The molecule has 0 spiro atoms. The Morgan fingerprint density at radius 3 is 2.38 bits per heavy atom. The summed E-state index contributed by atoms with van der Waals surface area (Å²) in [6.07, 6.45) is 3.05. The number of hydrogen-bond acceptors (Lipinski definition) is 2. The highest BCUT2D eigenvalue weighted by molar-refractivity contribution is 5.40. The Labute approximate surface area is 127 Å². The molecule has 2 rings (SSSR count). The van der Waals surface area contributed by atoms with Gasteiger partial charge in [0.05, 0.1) is 6.61 Å². The fourth-order valence-corrected chi connectivity index (χ4v) is 3.16. The Morgan fingerprint density at radius 2 is 1.90 bits per heavy atom. The van der Waals surface area contributed by atoms with Crippen LogP contribution in [0.1, 0.15) is 38.4 Å². The predicted molar refractivity (Wildman–Crippen MR) is 88.0 cm³/mol. The highest BCUT2D eigenvalue weighted by Crippen LogP contribution is 2.36. The molecule has 0 bridgehead atoms. The third-order valence-electron chi connectivity index (χ3n) is 4.38. The second kappa shape index (κ2) is 6.81. The van der Waals surface area contributed by atoms with E-state index in [0.29, 0.717) is 12.6 Å². The highest BCUT2D eigenvalue weighted by Gasteiger charge is 2.36. The van der Waals surface area contributed by atoms with E-state index in [9.17, 15) is 0 Å². The molecule has 21 heavy (non-hydrogen) atoms. The molecule has 2 unspecified atom stereocenters. The van der Waals surface area contributed by atoms with Gasteiger partial charge in [0.2, 0.25) is 0 Å². The molecule has 0 fully saturated rings. The second-order valence-electron chi connectivity index (χ2n) is 5.49. The van der Waals surface area contributed by atoms with Gasteiger partial charge in [0, 0.05) is 23.3 Å². The SMILES string of the molecule is CCOc1ccc(C(C)(c2ccc[nH]2)C(CC)NC)cc1. The number of hydrogen-bond donors (Lipinski definition) is 2. The summed E-state index contributed by atoms with van der Waals surface area (Å²) in [6.45, 7) is 7.21. The van der Waals surface area contributed by atoms with Gasteiger partial charge in [-0.25, -0.2) is 0 Å². The predicted octanol–water partition coefficient (Wildman–Crippen LogP) is 3.72. The number of rotatable bonds is 7. The molecule has 0 amide bonds. The molecule has 0 saturated carbocycles. The van der Waals surface area contributed by atoms with E-state index in [2.05, 4.69) is 60.5 Å². The number of H-pyrrole nitrogens is 1. The Bertz CT molecular complexity index is 529. The van der Waals surface area contributed by atoms with Crippen LogP contribution in [-0.4, -0.2) is 24.7 Å². The highest BCUT2D eigenvalue weighted by atomic mass is 16.5. The average molecular weight is 286 g/mol. The summed E-state index contributed by atoms with van der Waals surface area (Å²) in [5, 5.41) is 3.47. The zero-order chi connectivity index (χ0) is 15.3. The van der Waals surface area contributed by atoms with Crippen LogP contribution in [0.4, 0.5) is 0 Å². The maximum absolute atomic E-state index is 5.55. The van der Waals surface area contributed by atoms with Gasteiger partial charge in [-0.2, -0.15) is 0 Å². The van der Waals surface area contributed by atoms with Crippen LogP contribution >= 0.6 is 0 Å². The van der Waals surface area contributed by atoms with E-state index >= 15 is 0 Å². The molecule has 0 saturated heterocycles. The molecular weight excluding hydrogens is 260 g/mol. The first-order chi connectivity index (χ1) is 10.2. The first-order valence-corrected chi connectivity index (χ1v) is 7.71. The van der Waals surface area contributed by atoms with Gasteiger partial charge in [0.25, 0.3) is 0 Å². The third kappa shape index (κ3) is 2.98. The van der Waals surface area contributed by atoms with Crippen LogP contribution in [0.2, 0.25) is 0 Å². The van der Waals surface area contributed by atoms with Crippen molar-refractivity contribution in [3.8, 4) is 5.75 Å². The van der Waals surface area contributed by atoms with Crippen molar-refractivity contribution >= 4 is 0 Å². The van der Waals surface area contributed by atoms with Crippen molar-refractivity contribution < 1.29 is 4.74 Å². The maximum Gasteiger partial charge on any atom is 0.119 e. The monoisotopic (exact) mass is 286 g/mol. The molecule has 0 aliphatic rings. The molecule has 0 aliphatic heterocycles. The van der Waals surface area contributed by atoms with Crippen LogP contribution in [0.5, 0.6) is 5.75 Å². The summed E-state index contributed by atoms with van der Waals surface area (Å²) >= 11 is 0. The third-order valence-corrected chi connectivity index (χ3v) is 4.38. The van der Waals surface area contributed by atoms with E-state index in [-0.39, 0.29) is 5.41 Å². The van der Waals surface area contributed by atoms with E-state index in [4.69, 9.17) is 4.74 Å². The standard InChI is InChI=1S/C18H26N2O/c1-5-16(19-4)18(3,17-8-7-13-20-17)14-9-11-15(12-10-14)21-6-2/h7-13,16,19-20H,5-6H2,1-4H3. The Morgan fingerprint density at radius 1 is 1.19 bits per heavy atom. The second-order valence-corrected chi connectivity index (χ2v) is 5.49. The largest absolute Gasteiger partial charge is 0.494 e. The molecule has 3 heteroatoms. The van der Waals surface area contributed by atoms with Crippen LogP contribution < -0.4 is 10.1 Å². The van der Waals surface area contributed by atoms with Gasteiger partial charge in [-0.05, 0) is 57.1 Å². The topological polar surface area (TPSA) is 37.0 Å². The van der Waals surface area contributed by atoms with E-state index in [1.807, 2.05) is 20.2 Å². The summed E-state index contributed by atoms with van der Waals surface area (Å²) in [5.41, 5.74) is 2.42. The Balaban J connectivity index is 2.44. The molecule has 2 N–H and O–H groups in total.